The first-order valence-electron chi connectivity index (χ1n) is 7.57. The maximum Gasteiger partial charge on any atom is 0.242 e. The van der Waals surface area contributed by atoms with Gasteiger partial charge < -0.3 is 9.80 Å². The second-order valence-corrected chi connectivity index (χ2v) is 6.11. The van der Waals surface area contributed by atoms with Crippen molar-refractivity contribution in [3.8, 4) is 0 Å². The molecule has 0 atom stereocenters. The van der Waals surface area contributed by atoms with Crippen LogP contribution in [0, 0.1) is 5.41 Å². The molecule has 0 aliphatic carbocycles. The normalized spacial score (nSPS) is 17.8. The number of carbonyl (C=O) groups is 2. The van der Waals surface area contributed by atoms with Crippen molar-refractivity contribution < 1.29 is 9.59 Å². The summed E-state index contributed by atoms with van der Waals surface area (Å²) >= 11 is 0. The van der Waals surface area contributed by atoms with Crippen LogP contribution in [0.3, 0.4) is 0 Å². The summed E-state index contributed by atoms with van der Waals surface area (Å²) in [5, 5.41) is 0. The molecule has 1 heterocycles. The van der Waals surface area contributed by atoms with Crippen LogP contribution in [0.5, 0.6) is 0 Å². The lowest BCUT2D eigenvalue weighted by atomic mass is 9.90. The van der Waals surface area contributed by atoms with E-state index in [0.717, 1.165) is 24.2 Å². The highest BCUT2D eigenvalue weighted by atomic mass is 16.2. The summed E-state index contributed by atoms with van der Waals surface area (Å²) < 4.78 is 0. The Balaban J connectivity index is 2.63. The van der Waals surface area contributed by atoms with Crippen LogP contribution < -0.4 is 9.80 Å². The Kier molecular flexibility index (Phi) is 4.08. The smallest absolute Gasteiger partial charge is 0.242 e. The van der Waals surface area contributed by atoms with Crippen LogP contribution in [0.1, 0.15) is 39.7 Å². The maximum absolute atomic E-state index is 12.7. The Bertz CT molecular complexity index is 578. The average molecular weight is 288 g/mol. The molecule has 4 nitrogen and oxygen atoms in total. The lowest BCUT2D eigenvalue weighted by molar-refractivity contribution is -0.137. The first kappa shape index (κ1) is 15.5. The van der Waals surface area contributed by atoms with Crippen LogP contribution in [0.4, 0.5) is 11.4 Å². The number of hydrogen-bond acceptors (Lipinski definition) is 2. The van der Waals surface area contributed by atoms with Gasteiger partial charge in [-0.25, -0.2) is 0 Å². The van der Waals surface area contributed by atoms with Gasteiger partial charge in [0.2, 0.25) is 11.8 Å². The van der Waals surface area contributed by atoms with E-state index in [1.54, 1.807) is 30.7 Å². The van der Waals surface area contributed by atoms with E-state index in [4.69, 9.17) is 0 Å². The zero-order valence-electron chi connectivity index (χ0n) is 13.6. The molecule has 0 aromatic heterocycles. The van der Waals surface area contributed by atoms with Crippen LogP contribution in [0.2, 0.25) is 0 Å². The van der Waals surface area contributed by atoms with E-state index in [1.165, 1.54) is 5.56 Å². The molecule has 0 fully saturated rings. The van der Waals surface area contributed by atoms with Crippen molar-refractivity contribution in [2.45, 2.75) is 40.5 Å². The summed E-state index contributed by atoms with van der Waals surface area (Å²) in [4.78, 5) is 28.7. The first-order chi connectivity index (χ1) is 9.84. The second-order valence-electron chi connectivity index (χ2n) is 6.11. The molecule has 0 unspecified atom stereocenters. The van der Waals surface area contributed by atoms with Crippen LogP contribution in [0.25, 0.3) is 0 Å². The number of carbonyl (C=O) groups excluding carboxylic acids is 2. The van der Waals surface area contributed by atoms with Gasteiger partial charge in [-0.1, -0.05) is 19.4 Å². The zero-order chi connectivity index (χ0) is 15.8. The molecule has 0 saturated carbocycles. The number of hydrogen-bond donors (Lipinski definition) is 0. The maximum atomic E-state index is 12.7. The molecule has 1 aliphatic heterocycles. The van der Waals surface area contributed by atoms with Crippen molar-refractivity contribution in [2.24, 2.45) is 5.41 Å². The monoisotopic (exact) mass is 288 g/mol. The average Bonchev–Trinajstić information content (AvgIpc) is 2.51. The van der Waals surface area contributed by atoms with E-state index in [-0.39, 0.29) is 11.8 Å². The second kappa shape index (κ2) is 5.51. The van der Waals surface area contributed by atoms with Gasteiger partial charge in [-0.2, -0.15) is 0 Å². The van der Waals surface area contributed by atoms with E-state index in [1.807, 2.05) is 19.1 Å². The molecule has 2 rings (SSSR count). The van der Waals surface area contributed by atoms with Crippen molar-refractivity contribution in [3.05, 3.63) is 23.8 Å². The molecule has 0 saturated heterocycles. The van der Waals surface area contributed by atoms with E-state index in [9.17, 15) is 9.59 Å². The SMILES string of the molecule is CCCc1ccc2c(c1)N(C)C(=O)C(C)(C)C(=O)N2CC. The zero-order valence-corrected chi connectivity index (χ0v) is 13.6. The van der Waals surface area contributed by atoms with Gasteiger partial charge in [-0.15, -0.1) is 0 Å². The van der Waals surface area contributed by atoms with Crippen molar-refractivity contribution in [2.75, 3.05) is 23.4 Å². The third kappa shape index (κ3) is 2.43. The highest BCUT2D eigenvalue weighted by Crippen LogP contribution is 2.38. The number of benzene rings is 1. The third-order valence-electron chi connectivity index (χ3n) is 4.17. The Labute approximate surface area is 126 Å². The number of amides is 2. The summed E-state index contributed by atoms with van der Waals surface area (Å²) in [6.45, 7) is 8.04. The highest BCUT2D eigenvalue weighted by molar-refractivity contribution is 6.19. The van der Waals surface area contributed by atoms with Crippen LogP contribution in [-0.2, 0) is 16.0 Å². The predicted molar refractivity (Wildman–Crippen MR) is 85.7 cm³/mol. The standard InChI is InChI=1S/C17H24N2O2/c1-6-8-12-9-10-13-14(11-12)18(5)15(20)17(3,4)16(21)19(13)7-2/h9-11H,6-8H2,1-5H3. The summed E-state index contributed by atoms with van der Waals surface area (Å²) in [6.07, 6.45) is 2.02. The molecule has 2 amide bonds. The minimum atomic E-state index is -1.03. The minimum Gasteiger partial charge on any atom is -0.313 e. The molecule has 1 aromatic carbocycles. The number of nitrogens with zero attached hydrogens (tertiary/aromatic N) is 2. The summed E-state index contributed by atoms with van der Waals surface area (Å²) in [5.74, 6) is -0.290. The third-order valence-corrected chi connectivity index (χ3v) is 4.17. The molecule has 1 aromatic rings. The molecule has 21 heavy (non-hydrogen) atoms. The van der Waals surface area contributed by atoms with Crippen LogP contribution >= 0.6 is 0 Å². The molecule has 114 valence electrons. The topological polar surface area (TPSA) is 40.6 Å². The minimum absolute atomic E-state index is 0.135. The first-order valence-corrected chi connectivity index (χ1v) is 7.57. The van der Waals surface area contributed by atoms with E-state index >= 15 is 0 Å². The lowest BCUT2D eigenvalue weighted by Crippen LogP contribution is -2.47. The molecule has 0 spiro atoms. The molecule has 4 heteroatoms. The largest absolute Gasteiger partial charge is 0.313 e. The molecular formula is C17H24N2O2. The van der Waals surface area contributed by atoms with Gasteiger partial charge in [0.15, 0.2) is 0 Å². The van der Waals surface area contributed by atoms with Crippen molar-refractivity contribution in [1.29, 1.82) is 0 Å². The van der Waals surface area contributed by atoms with Gasteiger partial charge in [0.05, 0.1) is 11.4 Å². The van der Waals surface area contributed by atoms with Crippen LogP contribution in [-0.4, -0.2) is 25.4 Å². The number of anilines is 2. The van der Waals surface area contributed by atoms with Crippen LogP contribution in [0.15, 0.2) is 18.2 Å². The van der Waals surface area contributed by atoms with Gasteiger partial charge in [0.25, 0.3) is 0 Å². The molecule has 0 radical (unpaired) electrons. The fourth-order valence-corrected chi connectivity index (χ4v) is 2.89. The number of aryl methyl sites for hydroxylation is 1. The van der Waals surface area contributed by atoms with Crippen molar-refractivity contribution >= 4 is 23.2 Å². The fraction of sp³-hybridized carbons (Fsp3) is 0.529. The Hall–Kier alpha value is -1.84. The Morgan fingerprint density at radius 3 is 2.29 bits per heavy atom. The lowest BCUT2D eigenvalue weighted by Gasteiger charge is -2.27. The van der Waals surface area contributed by atoms with E-state index in [2.05, 4.69) is 13.0 Å². The Morgan fingerprint density at radius 1 is 1.05 bits per heavy atom. The van der Waals surface area contributed by atoms with Gasteiger partial charge in [0, 0.05) is 13.6 Å². The molecule has 0 bridgehead atoms. The van der Waals surface area contributed by atoms with Crippen molar-refractivity contribution in [1.82, 2.24) is 0 Å². The van der Waals surface area contributed by atoms with E-state index in [0.29, 0.717) is 6.54 Å². The molecule has 1 aliphatic rings. The van der Waals surface area contributed by atoms with Crippen molar-refractivity contribution in [3.63, 3.8) is 0 Å². The number of fused-ring (bicyclic) bond motifs is 1. The molecule has 0 N–H and O–H groups in total. The summed E-state index contributed by atoms with van der Waals surface area (Å²) in [6, 6.07) is 6.05. The van der Waals surface area contributed by atoms with E-state index < -0.39 is 5.41 Å². The number of rotatable bonds is 3. The van der Waals surface area contributed by atoms with Gasteiger partial charge >= 0.3 is 0 Å². The summed E-state index contributed by atoms with van der Waals surface area (Å²) in [7, 11) is 1.76. The molecular weight excluding hydrogens is 264 g/mol. The predicted octanol–water partition coefficient (Wildman–Crippen LogP) is 2.99. The van der Waals surface area contributed by atoms with Gasteiger partial charge in [-0.3, -0.25) is 9.59 Å². The Morgan fingerprint density at radius 2 is 1.71 bits per heavy atom. The fourth-order valence-electron chi connectivity index (χ4n) is 2.89. The highest BCUT2D eigenvalue weighted by Gasteiger charge is 2.45. The summed E-state index contributed by atoms with van der Waals surface area (Å²) in [5.41, 5.74) is 1.81. The van der Waals surface area contributed by atoms with Gasteiger partial charge in [-0.05, 0) is 44.9 Å². The quantitative estimate of drug-likeness (QED) is 0.802. The van der Waals surface area contributed by atoms with Gasteiger partial charge in [0.1, 0.15) is 5.41 Å².